The van der Waals surface area contributed by atoms with Gasteiger partial charge >= 0.3 is 0 Å². The zero-order valence-electron chi connectivity index (χ0n) is 23.3. The molecular formula is C29H60BNO2. The summed E-state index contributed by atoms with van der Waals surface area (Å²) in [7, 11) is 2.26. The van der Waals surface area contributed by atoms with E-state index in [-0.39, 0.29) is 6.10 Å². The van der Waals surface area contributed by atoms with Gasteiger partial charge in [0.05, 0.1) is 12.7 Å². The van der Waals surface area contributed by atoms with Gasteiger partial charge in [-0.15, -0.1) is 0 Å². The van der Waals surface area contributed by atoms with E-state index in [1.54, 1.807) is 0 Å². The second kappa shape index (κ2) is 22.4. The highest BCUT2D eigenvalue weighted by Crippen LogP contribution is 2.22. The van der Waals surface area contributed by atoms with Gasteiger partial charge in [-0.2, -0.15) is 0 Å². The number of nitrogens with zero attached hydrogens (tertiary/aromatic N) is 1. The minimum atomic E-state index is 0.251. The molecule has 0 amide bonds. The smallest absolute Gasteiger partial charge is 0.140 e. The van der Waals surface area contributed by atoms with E-state index < -0.39 is 0 Å². The molecule has 1 fully saturated rings. The van der Waals surface area contributed by atoms with Gasteiger partial charge in [0.15, 0.2) is 0 Å². The predicted octanol–water partition coefficient (Wildman–Crippen LogP) is 7.50. The highest BCUT2D eigenvalue weighted by atomic mass is 16.5. The average Bonchev–Trinajstić information content (AvgIpc) is 2.81. The fourth-order valence-corrected chi connectivity index (χ4v) is 5.32. The SMILES string of the molecule is BC1CN(C(CCCCCCC)CCCCCCC)CC(COCCCCCCCCC)O1. The van der Waals surface area contributed by atoms with Crippen LogP contribution in [0.15, 0.2) is 0 Å². The molecule has 0 aromatic carbocycles. The third kappa shape index (κ3) is 17.1. The van der Waals surface area contributed by atoms with Gasteiger partial charge in [0.25, 0.3) is 0 Å². The first-order valence-corrected chi connectivity index (χ1v) is 15.2. The maximum absolute atomic E-state index is 6.29. The Hall–Kier alpha value is -0.0551. The Morgan fingerprint density at radius 3 is 1.73 bits per heavy atom. The molecule has 1 aliphatic heterocycles. The molecule has 1 heterocycles. The van der Waals surface area contributed by atoms with E-state index in [0.29, 0.717) is 6.00 Å². The zero-order valence-corrected chi connectivity index (χ0v) is 23.3. The normalized spacial score (nSPS) is 19.5. The summed E-state index contributed by atoms with van der Waals surface area (Å²) < 4.78 is 12.4. The molecule has 0 N–H and O–H groups in total. The zero-order chi connectivity index (χ0) is 24.0. The minimum Gasteiger partial charge on any atom is -0.379 e. The van der Waals surface area contributed by atoms with Crippen LogP contribution in [-0.2, 0) is 9.47 Å². The van der Waals surface area contributed by atoms with Crippen LogP contribution in [0.1, 0.15) is 143 Å². The Morgan fingerprint density at radius 1 is 0.697 bits per heavy atom. The summed E-state index contributed by atoms with van der Waals surface area (Å²) >= 11 is 0. The number of hydrogen-bond donors (Lipinski definition) is 0. The largest absolute Gasteiger partial charge is 0.379 e. The van der Waals surface area contributed by atoms with Gasteiger partial charge in [-0.3, -0.25) is 4.90 Å². The molecule has 4 heteroatoms. The first kappa shape index (κ1) is 31.0. The number of unbranched alkanes of at least 4 members (excludes halogenated alkanes) is 14. The number of hydrogen-bond acceptors (Lipinski definition) is 3. The van der Waals surface area contributed by atoms with Crippen LogP contribution in [0.4, 0.5) is 0 Å². The van der Waals surface area contributed by atoms with Crippen molar-refractivity contribution in [2.45, 2.75) is 161 Å². The number of ether oxygens (including phenoxy) is 2. The van der Waals surface area contributed by atoms with Gasteiger partial charge in [-0.05, 0) is 19.3 Å². The molecule has 0 radical (unpaired) electrons. The molecule has 0 saturated carbocycles. The lowest BCUT2D eigenvalue weighted by Gasteiger charge is -2.41. The maximum atomic E-state index is 6.29. The molecule has 0 bridgehead atoms. The van der Waals surface area contributed by atoms with Crippen molar-refractivity contribution in [1.29, 1.82) is 0 Å². The monoisotopic (exact) mass is 465 g/mol. The quantitative estimate of drug-likeness (QED) is 0.115. The standard InChI is InChI=1S/C29H60BNO2/c1-4-7-10-13-14-17-20-23-32-26-28-24-31(25-29(30)33-28)27(21-18-15-11-8-5-2)22-19-16-12-9-6-3/h27-29H,4-26,30H2,1-3H3. The summed E-state index contributed by atoms with van der Waals surface area (Å²) in [6, 6.07) is 1.07. The third-order valence-corrected chi connectivity index (χ3v) is 7.35. The van der Waals surface area contributed by atoms with Crippen LogP contribution in [0.3, 0.4) is 0 Å². The highest BCUT2D eigenvalue weighted by Gasteiger charge is 2.29. The summed E-state index contributed by atoms with van der Waals surface area (Å²) in [6.45, 7) is 10.7. The Balaban J connectivity index is 2.35. The van der Waals surface area contributed by atoms with Crippen LogP contribution < -0.4 is 0 Å². The topological polar surface area (TPSA) is 21.7 Å². The van der Waals surface area contributed by atoms with Crippen LogP contribution in [0.5, 0.6) is 0 Å². The van der Waals surface area contributed by atoms with E-state index in [0.717, 1.165) is 32.3 Å². The first-order valence-electron chi connectivity index (χ1n) is 15.2. The van der Waals surface area contributed by atoms with Gasteiger partial charge in [-0.1, -0.05) is 124 Å². The molecule has 0 spiro atoms. The summed E-state index contributed by atoms with van der Waals surface area (Å²) in [6.07, 6.45) is 26.3. The third-order valence-electron chi connectivity index (χ3n) is 7.35. The molecular weight excluding hydrogens is 405 g/mol. The van der Waals surface area contributed by atoms with Crippen molar-refractivity contribution in [2.75, 3.05) is 26.3 Å². The Kier molecular flexibility index (Phi) is 21.0. The van der Waals surface area contributed by atoms with Crippen LogP contribution in [-0.4, -0.2) is 57.2 Å². The van der Waals surface area contributed by atoms with Crippen molar-refractivity contribution in [2.24, 2.45) is 0 Å². The lowest BCUT2D eigenvalue weighted by atomic mass is 9.93. The van der Waals surface area contributed by atoms with E-state index in [1.807, 2.05) is 0 Å². The van der Waals surface area contributed by atoms with Gasteiger partial charge in [0.1, 0.15) is 7.85 Å². The Labute approximate surface area is 209 Å². The number of rotatable bonds is 23. The lowest BCUT2D eigenvalue weighted by molar-refractivity contribution is -0.0965. The average molecular weight is 466 g/mol. The van der Waals surface area contributed by atoms with E-state index in [4.69, 9.17) is 9.47 Å². The maximum Gasteiger partial charge on any atom is 0.140 e. The van der Waals surface area contributed by atoms with Gasteiger partial charge < -0.3 is 9.47 Å². The van der Waals surface area contributed by atoms with Crippen LogP contribution >= 0.6 is 0 Å². The van der Waals surface area contributed by atoms with E-state index in [2.05, 4.69) is 33.5 Å². The molecule has 0 aromatic heterocycles. The fraction of sp³-hybridized carbons (Fsp3) is 1.00. The molecule has 33 heavy (non-hydrogen) atoms. The molecule has 2 unspecified atom stereocenters. The predicted molar refractivity (Wildman–Crippen MR) is 148 cm³/mol. The van der Waals surface area contributed by atoms with Crippen molar-refractivity contribution in [3.8, 4) is 0 Å². The van der Waals surface area contributed by atoms with Gasteiger partial charge in [-0.25, -0.2) is 0 Å². The van der Waals surface area contributed by atoms with Crippen molar-refractivity contribution in [3.63, 3.8) is 0 Å². The molecule has 1 rings (SSSR count). The summed E-state index contributed by atoms with van der Waals surface area (Å²) in [5, 5.41) is 0. The highest BCUT2D eigenvalue weighted by molar-refractivity contribution is 6.11. The molecule has 196 valence electrons. The Bertz CT molecular complexity index is 395. The van der Waals surface area contributed by atoms with Gasteiger partial charge in [0.2, 0.25) is 0 Å². The van der Waals surface area contributed by atoms with Crippen LogP contribution in [0.2, 0.25) is 0 Å². The molecule has 0 aliphatic carbocycles. The second-order valence-electron chi connectivity index (χ2n) is 10.8. The summed E-state index contributed by atoms with van der Waals surface area (Å²) in [5.41, 5.74) is 0. The van der Waals surface area contributed by atoms with Crippen molar-refractivity contribution in [1.82, 2.24) is 4.90 Å². The molecule has 2 atom stereocenters. The van der Waals surface area contributed by atoms with E-state index >= 15 is 0 Å². The minimum absolute atomic E-state index is 0.251. The summed E-state index contributed by atoms with van der Waals surface area (Å²) in [5.74, 6) is 0. The molecule has 3 nitrogen and oxygen atoms in total. The molecule has 0 aromatic rings. The van der Waals surface area contributed by atoms with E-state index in [9.17, 15) is 0 Å². The van der Waals surface area contributed by atoms with Crippen LogP contribution in [0.25, 0.3) is 0 Å². The van der Waals surface area contributed by atoms with E-state index in [1.165, 1.54) is 122 Å². The molecule has 1 aliphatic rings. The fourth-order valence-electron chi connectivity index (χ4n) is 5.32. The van der Waals surface area contributed by atoms with Crippen LogP contribution in [0, 0.1) is 0 Å². The second-order valence-corrected chi connectivity index (χ2v) is 10.8. The Morgan fingerprint density at radius 2 is 1.18 bits per heavy atom. The van der Waals surface area contributed by atoms with Crippen molar-refractivity contribution >= 4 is 7.85 Å². The number of morpholine rings is 1. The van der Waals surface area contributed by atoms with Crippen molar-refractivity contribution in [3.05, 3.63) is 0 Å². The summed E-state index contributed by atoms with van der Waals surface area (Å²) in [4.78, 5) is 2.77. The first-order chi connectivity index (χ1) is 16.2. The lowest BCUT2D eigenvalue weighted by Crippen LogP contribution is -2.53. The van der Waals surface area contributed by atoms with Gasteiger partial charge in [0, 0.05) is 31.7 Å². The molecule has 1 saturated heterocycles. The van der Waals surface area contributed by atoms with Crippen molar-refractivity contribution < 1.29 is 9.47 Å².